The van der Waals surface area contributed by atoms with Crippen molar-refractivity contribution in [2.24, 2.45) is 0 Å². The smallest absolute Gasteiger partial charge is 0.264 e. The molecule has 0 radical (unpaired) electrons. The maximum Gasteiger partial charge on any atom is 0.264 e. The fourth-order valence-corrected chi connectivity index (χ4v) is 7.52. The van der Waals surface area contributed by atoms with Gasteiger partial charge in [-0.15, -0.1) is 0 Å². The molecule has 0 aliphatic heterocycles. The van der Waals surface area contributed by atoms with Crippen molar-refractivity contribution < 1.29 is 22.4 Å². The number of nitrogens with zero attached hydrogens (tertiary/aromatic N) is 2. The number of carbonyl (C=O) groups excluding carboxylic acids is 2. The van der Waals surface area contributed by atoms with Gasteiger partial charge < -0.3 is 10.2 Å². The van der Waals surface area contributed by atoms with Crippen molar-refractivity contribution >= 4 is 50.7 Å². The van der Waals surface area contributed by atoms with E-state index in [1.54, 1.807) is 24.3 Å². The van der Waals surface area contributed by atoms with E-state index in [0.717, 1.165) is 35.6 Å². The summed E-state index contributed by atoms with van der Waals surface area (Å²) in [5.41, 5.74) is 1.40. The van der Waals surface area contributed by atoms with Crippen LogP contribution >= 0.6 is 23.2 Å². The lowest BCUT2D eigenvalue weighted by Crippen LogP contribution is -2.54. The van der Waals surface area contributed by atoms with E-state index in [0.29, 0.717) is 5.56 Å². The Hall–Kier alpha value is -3.92. The summed E-state index contributed by atoms with van der Waals surface area (Å²) in [7, 11) is -4.33. The summed E-state index contributed by atoms with van der Waals surface area (Å²) in [6.45, 7) is -0.752. The van der Waals surface area contributed by atoms with Gasteiger partial charge in [0, 0.05) is 19.0 Å². The third-order valence-corrected chi connectivity index (χ3v) is 10.6. The highest BCUT2D eigenvalue weighted by atomic mass is 35.5. The molecule has 0 heterocycles. The Balaban J connectivity index is 1.58. The topological polar surface area (TPSA) is 86.8 Å². The van der Waals surface area contributed by atoms with Gasteiger partial charge in [0.1, 0.15) is 18.4 Å². The SMILES string of the molecule is O=C(NC1CCCC1)C(Cc1ccccc1)N(Cc1ccc(F)cc1)C(=O)CN(c1cccc(Cl)c1Cl)S(=O)(=O)c1ccccc1. The third-order valence-electron chi connectivity index (χ3n) is 8.05. The molecule has 1 saturated carbocycles. The van der Waals surface area contributed by atoms with Gasteiger partial charge in [-0.05, 0) is 60.4 Å². The molecule has 0 spiro atoms. The van der Waals surface area contributed by atoms with Crippen LogP contribution in [0.4, 0.5) is 10.1 Å². The molecular formula is C35H34Cl2FN3O4S. The van der Waals surface area contributed by atoms with Gasteiger partial charge >= 0.3 is 0 Å². The molecule has 0 aromatic heterocycles. The Bertz CT molecular complexity index is 1750. The minimum absolute atomic E-state index is 0.0168. The number of nitrogens with one attached hydrogen (secondary N) is 1. The Kier molecular flexibility index (Phi) is 11.0. The lowest BCUT2D eigenvalue weighted by Gasteiger charge is -2.34. The normalized spacial score (nSPS) is 14.1. The van der Waals surface area contributed by atoms with Crippen molar-refractivity contribution in [1.82, 2.24) is 10.2 Å². The van der Waals surface area contributed by atoms with Gasteiger partial charge in [-0.1, -0.05) is 103 Å². The molecule has 2 amide bonds. The Morgan fingerprint density at radius 2 is 1.46 bits per heavy atom. The van der Waals surface area contributed by atoms with Gasteiger partial charge in [-0.3, -0.25) is 13.9 Å². The first kappa shape index (κ1) is 33.4. The predicted molar refractivity (Wildman–Crippen MR) is 179 cm³/mol. The van der Waals surface area contributed by atoms with Crippen LogP contribution in [0, 0.1) is 5.82 Å². The minimum atomic E-state index is -4.33. The molecule has 1 unspecified atom stereocenters. The number of carbonyl (C=O) groups is 2. The lowest BCUT2D eigenvalue weighted by atomic mass is 10.0. The van der Waals surface area contributed by atoms with Gasteiger partial charge in [-0.2, -0.15) is 0 Å². The molecule has 7 nitrogen and oxygen atoms in total. The fraction of sp³-hybridized carbons (Fsp3) is 0.257. The van der Waals surface area contributed by atoms with Crippen LogP contribution in [0.2, 0.25) is 10.0 Å². The van der Waals surface area contributed by atoms with Gasteiger partial charge in [0.15, 0.2) is 0 Å². The Morgan fingerprint density at radius 3 is 2.11 bits per heavy atom. The number of sulfonamides is 1. The highest BCUT2D eigenvalue weighted by molar-refractivity contribution is 7.92. The van der Waals surface area contributed by atoms with Crippen LogP contribution in [0.5, 0.6) is 0 Å². The molecule has 0 saturated heterocycles. The molecule has 1 fully saturated rings. The Morgan fingerprint density at radius 1 is 0.826 bits per heavy atom. The fourth-order valence-electron chi connectivity index (χ4n) is 5.63. The number of hydrogen-bond donors (Lipinski definition) is 1. The summed E-state index contributed by atoms with van der Waals surface area (Å²) in [5.74, 6) is -1.44. The summed E-state index contributed by atoms with van der Waals surface area (Å²) in [5, 5.41) is 3.20. The van der Waals surface area contributed by atoms with E-state index in [1.807, 2.05) is 30.3 Å². The van der Waals surface area contributed by atoms with Gasteiger partial charge in [-0.25, -0.2) is 12.8 Å². The first-order chi connectivity index (χ1) is 22.1. The quantitative estimate of drug-likeness (QED) is 0.174. The molecule has 5 rings (SSSR count). The molecule has 11 heteroatoms. The maximum absolute atomic E-state index is 14.5. The predicted octanol–water partition coefficient (Wildman–Crippen LogP) is 7.03. The summed E-state index contributed by atoms with van der Waals surface area (Å²) < 4.78 is 43.0. The highest BCUT2D eigenvalue weighted by Crippen LogP contribution is 2.35. The lowest BCUT2D eigenvalue weighted by molar-refractivity contribution is -0.140. The van der Waals surface area contributed by atoms with Crippen molar-refractivity contribution in [1.29, 1.82) is 0 Å². The molecule has 1 atom stereocenters. The van der Waals surface area contributed by atoms with Crippen molar-refractivity contribution in [3.05, 3.63) is 130 Å². The molecular weight excluding hydrogens is 648 g/mol. The van der Waals surface area contributed by atoms with Crippen LogP contribution in [-0.4, -0.2) is 43.8 Å². The largest absolute Gasteiger partial charge is 0.352 e. The van der Waals surface area contributed by atoms with E-state index < -0.39 is 34.3 Å². The average Bonchev–Trinajstić information content (AvgIpc) is 3.57. The Labute approximate surface area is 279 Å². The van der Waals surface area contributed by atoms with Crippen LogP contribution in [-0.2, 0) is 32.6 Å². The second-order valence-electron chi connectivity index (χ2n) is 11.2. The van der Waals surface area contributed by atoms with Crippen LogP contribution < -0.4 is 9.62 Å². The number of hydrogen-bond acceptors (Lipinski definition) is 4. The number of amides is 2. The van der Waals surface area contributed by atoms with Crippen LogP contribution in [0.25, 0.3) is 0 Å². The number of rotatable bonds is 12. The second-order valence-corrected chi connectivity index (χ2v) is 13.9. The zero-order valence-electron chi connectivity index (χ0n) is 25.0. The second kappa shape index (κ2) is 15.1. The zero-order chi connectivity index (χ0) is 32.7. The van der Waals surface area contributed by atoms with Gasteiger partial charge in [0.2, 0.25) is 11.8 Å². The number of benzene rings is 4. The van der Waals surface area contributed by atoms with E-state index in [-0.39, 0.29) is 45.5 Å². The molecule has 1 aliphatic carbocycles. The summed E-state index contributed by atoms with van der Waals surface area (Å²) in [4.78, 5) is 29.9. The first-order valence-corrected chi connectivity index (χ1v) is 17.2. The maximum atomic E-state index is 14.5. The molecule has 240 valence electrons. The van der Waals surface area contributed by atoms with Crippen molar-refractivity contribution in [2.45, 2.75) is 55.6 Å². The van der Waals surface area contributed by atoms with Crippen molar-refractivity contribution in [3.63, 3.8) is 0 Å². The van der Waals surface area contributed by atoms with E-state index in [4.69, 9.17) is 23.2 Å². The number of anilines is 1. The van der Waals surface area contributed by atoms with Crippen LogP contribution in [0.1, 0.15) is 36.8 Å². The average molecular weight is 683 g/mol. The molecule has 46 heavy (non-hydrogen) atoms. The molecule has 4 aromatic carbocycles. The van der Waals surface area contributed by atoms with E-state index in [9.17, 15) is 22.4 Å². The summed E-state index contributed by atoms with van der Waals surface area (Å²) >= 11 is 12.8. The van der Waals surface area contributed by atoms with Crippen molar-refractivity contribution in [3.8, 4) is 0 Å². The summed E-state index contributed by atoms with van der Waals surface area (Å²) in [6.07, 6.45) is 3.85. The van der Waals surface area contributed by atoms with Gasteiger partial charge in [0.25, 0.3) is 10.0 Å². The van der Waals surface area contributed by atoms with E-state index in [1.165, 1.54) is 53.4 Å². The van der Waals surface area contributed by atoms with Gasteiger partial charge in [0.05, 0.1) is 20.6 Å². The summed E-state index contributed by atoms with van der Waals surface area (Å²) in [6, 6.07) is 26.1. The van der Waals surface area contributed by atoms with E-state index in [2.05, 4.69) is 5.32 Å². The highest BCUT2D eigenvalue weighted by Gasteiger charge is 2.36. The molecule has 1 aliphatic rings. The standard InChI is InChI=1S/C35H34Cl2FN3O4S/c36-30-16-9-17-31(34(30)37)41(46(44,45)29-14-5-2-6-15-29)24-33(42)40(23-26-18-20-27(38)21-19-26)32(22-25-10-3-1-4-11-25)35(43)39-28-12-7-8-13-28/h1-6,9-11,14-21,28,32H,7-8,12-13,22-24H2,(H,39,43). The molecule has 4 aromatic rings. The number of halogens is 3. The minimum Gasteiger partial charge on any atom is -0.352 e. The van der Waals surface area contributed by atoms with E-state index >= 15 is 0 Å². The molecule has 0 bridgehead atoms. The van der Waals surface area contributed by atoms with Crippen LogP contribution in [0.3, 0.4) is 0 Å². The third kappa shape index (κ3) is 8.07. The zero-order valence-corrected chi connectivity index (χ0v) is 27.3. The van der Waals surface area contributed by atoms with Crippen molar-refractivity contribution in [2.75, 3.05) is 10.8 Å². The monoisotopic (exact) mass is 681 g/mol. The first-order valence-electron chi connectivity index (χ1n) is 15.0. The van der Waals surface area contributed by atoms with Crippen LogP contribution in [0.15, 0.2) is 108 Å². The molecule has 1 N–H and O–H groups in total.